The molecule has 2 rings (SSSR count). The Morgan fingerprint density at radius 1 is 1.28 bits per heavy atom. The molecule has 3 nitrogen and oxygen atoms in total. The van der Waals surface area contributed by atoms with Gasteiger partial charge >= 0.3 is 5.97 Å². The van der Waals surface area contributed by atoms with Gasteiger partial charge in [-0.1, -0.05) is 30.9 Å². The molecule has 1 fully saturated rings. The third-order valence-electron chi connectivity index (χ3n) is 3.78. The predicted molar refractivity (Wildman–Crippen MR) is 70.4 cm³/mol. The first-order valence-electron chi connectivity index (χ1n) is 6.17. The second-order valence-corrected chi connectivity index (χ2v) is 5.26. The number of hydrogen-bond donors (Lipinski definition) is 1. The highest BCUT2D eigenvalue weighted by Gasteiger charge is 2.41. The molecule has 1 aliphatic rings. The van der Waals surface area contributed by atoms with Crippen molar-refractivity contribution in [2.45, 2.75) is 37.5 Å². The molecular formula is C14H17ClO3. The van der Waals surface area contributed by atoms with Gasteiger partial charge in [-0.3, -0.25) is 4.79 Å². The van der Waals surface area contributed by atoms with Crippen LogP contribution in [-0.4, -0.2) is 18.2 Å². The maximum atomic E-state index is 11.7. The summed E-state index contributed by atoms with van der Waals surface area (Å²) in [6, 6.07) is 5.25. The van der Waals surface area contributed by atoms with Crippen LogP contribution in [0.3, 0.4) is 0 Å². The molecule has 0 saturated heterocycles. The number of aliphatic carboxylic acids is 1. The van der Waals surface area contributed by atoms with E-state index in [1.54, 1.807) is 25.3 Å². The molecule has 0 spiro atoms. The van der Waals surface area contributed by atoms with E-state index in [1.807, 2.05) is 0 Å². The maximum Gasteiger partial charge on any atom is 0.314 e. The number of benzene rings is 1. The lowest BCUT2D eigenvalue weighted by molar-refractivity contribution is -0.145. The molecule has 0 atom stereocenters. The summed E-state index contributed by atoms with van der Waals surface area (Å²) in [7, 11) is 1.56. The minimum Gasteiger partial charge on any atom is -0.497 e. The Balaban J connectivity index is 2.48. The summed E-state index contributed by atoms with van der Waals surface area (Å²) >= 11 is 6.04. The molecule has 1 aromatic rings. The van der Waals surface area contributed by atoms with Crippen molar-refractivity contribution in [2.24, 2.45) is 0 Å². The summed E-state index contributed by atoms with van der Waals surface area (Å²) in [5, 5.41) is 10.1. The predicted octanol–water partition coefficient (Wildman–Crippen LogP) is 3.64. The van der Waals surface area contributed by atoms with E-state index in [2.05, 4.69) is 0 Å². The molecule has 1 saturated carbocycles. The van der Waals surface area contributed by atoms with Crippen molar-refractivity contribution in [1.82, 2.24) is 0 Å². The van der Waals surface area contributed by atoms with E-state index in [0.29, 0.717) is 23.6 Å². The van der Waals surface area contributed by atoms with E-state index in [0.717, 1.165) is 24.8 Å². The van der Waals surface area contributed by atoms with Crippen LogP contribution < -0.4 is 4.74 Å². The third kappa shape index (κ3) is 2.32. The number of methoxy groups -OCH3 is 1. The van der Waals surface area contributed by atoms with E-state index in [4.69, 9.17) is 16.3 Å². The Kier molecular flexibility index (Phi) is 3.81. The van der Waals surface area contributed by atoms with Crippen molar-refractivity contribution in [2.75, 3.05) is 7.11 Å². The molecule has 0 unspecified atom stereocenters. The van der Waals surface area contributed by atoms with Gasteiger partial charge < -0.3 is 9.84 Å². The fourth-order valence-corrected chi connectivity index (χ4v) is 2.96. The Bertz CT molecular complexity index is 450. The minimum atomic E-state index is -0.795. The van der Waals surface area contributed by atoms with Crippen LogP contribution in [0.4, 0.5) is 0 Å². The summed E-state index contributed by atoms with van der Waals surface area (Å²) in [5.74, 6) is -0.143. The molecule has 1 aromatic carbocycles. The number of carbonyl (C=O) groups is 1. The summed E-state index contributed by atoms with van der Waals surface area (Å²) in [4.78, 5) is 11.7. The summed E-state index contributed by atoms with van der Waals surface area (Å²) < 4.78 is 5.17. The van der Waals surface area contributed by atoms with Crippen LogP contribution in [0, 0.1) is 0 Å². The van der Waals surface area contributed by atoms with Crippen molar-refractivity contribution in [1.29, 1.82) is 0 Å². The first kappa shape index (κ1) is 13.2. The first-order valence-corrected chi connectivity index (χ1v) is 6.55. The molecule has 0 bridgehead atoms. The van der Waals surface area contributed by atoms with Gasteiger partial charge in [-0.05, 0) is 36.6 Å². The van der Waals surface area contributed by atoms with Gasteiger partial charge in [0, 0.05) is 5.02 Å². The lowest BCUT2D eigenvalue weighted by Crippen LogP contribution is -2.37. The van der Waals surface area contributed by atoms with Gasteiger partial charge in [0.05, 0.1) is 12.5 Å². The zero-order valence-corrected chi connectivity index (χ0v) is 11.2. The summed E-state index contributed by atoms with van der Waals surface area (Å²) in [6.07, 6.45) is 4.34. The normalized spacial score (nSPS) is 18.3. The van der Waals surface area contributed by atoms with Crippen molar-refractivity contribution >= 4 is 17.6 Å². The van der Waals surface area contributed by atoms with Gasteiger partial charge in [-0.25, -0.2) is 0 Å². The fourth-order valence-electron chi connectivity index (χ4n) is 2.74. The minimum absolute atomic E-state index is 0.524. The lowest BCUT2D eigenvalue weighted by Gasteiger charge is -2.33. The van der Waals surface area contributed by atoms with E-state index in [9.17, 15) is 9.90 Å². The van der Waals surface area contributed by atoms with Crippen LogP contribution in [0.1, 0.15) is 37.7 Å². The third-order valence-corrected chi connectivity index (χ3v) is 3.99. The molecule has 0 aliphatic heterocycles. The van der Waals surface area contributed by atoms with Crippen LogP contribution in [0.25, 0.3) is 0 Å². The van der Waals surface area contributed by atoms with Gasteiger partial charge in [0.25, 0.3) is 0 Å². The van der Waals surface area contributed by atoms with Gasteiger partial charge in [0.15, 0.2) is 0 Å². The van der Waals surface area contributed by atoms with Crippen LogP contribution in [0.15, 0.2) is 18.2 Å². The van der Waals surface area contributed by atoms with E-state index >= 15 is 0 Å². The highest BCUT2D eigenvalue weighted by Crippen LogP contribution is 2.41. The highest BCUT2D eigenvalue weighted by molar-refractivity contribution is 6.30. The summed E-state index contributed by atoms with van der Waals surface area (Å²) in [6.45, 7) is 0. The van der Waals surface area contributed by atoms with E-state index < -0.39 is 11.4 Å². The lowest BCUT2D eigenvalue weighted by atomic mass is 9.69. The van der Waals surface area contributed by atoms with E-state index in [-0.39, 0.29) is 0 Å². The van der Waals surface area contributed by atoms with Crippen molar-refractivity contribution in [3.05, 3.63) is 28.8 Å². The SMILES string of the molecule is COc1cc(Cl)cc(C2(C(=O)O)CCCCC2)c1. The van der Waals surface area contributed by atoms with Crippen molar-refractivity contribution < 1.29 is 14.6 Å². The van der Waals surface area contributed by atoms with Gasteiger partial charge in [0.1, 0.15) is 5.75 Å². The Morgan fingerprint density at radius 3 is 2.50 bits per heavy atom. The number of carboxylic acid groups (broad SMARTS) is 1. The molecule has 1 aliphatic carbocycles. The average Bonchev–Trinajstić information content (AvgIpc) is 2.38. The second kappa shape index (κ2) is 5.19. The molecule has 98 valence electrons. The Labute approximate surface area is 112 Å². The van der Waals surface area contributed by atoms with E-state index in [1.165, 1.54) is 0 Å². The molecule has 4 heteroatoms. The maximum absolute atomic E-state index is 11.7. The monoisotopic (exact) mass is 268 g/mol. The number of hydrogen-bond acceptors (Lipinski definition) is 2. The number of rotatable bonds is 3. The molecule has 18 heavy (non-hydrogen) atoms. The second-order valence-electron chi connectivity index (χ2n) is 4.83. The smallest absolute Gasteiger partial charge is 0.314 e. The van der Waals surface area contributed by atoms with Gasteiger partial charge in [0.2, 0.25) is 0 Å². The Morgan fingerprint density at radius 2 is 1.94 bits per heavy atom. The zero-order chi connectivity index (χ0) is 13.2. The highest BCUT2D eigenvalue weighted by atomic mass is 35.5. The molecule has 0 amide bonds. The zero-order valence-electron chi connectivity index (χ0n) is 10.4. The van der Waals surface area contributed by atoms with Crippen LogP contribution >= 0.6 is 11.6 Å². The number of halogens is 1. The quantitative estimate of drug-likeness (QED) is 0.910. The van der Waals surface area contributed by atoms with Crippen LogP contribution in [0.2, 0.25) is 5.02 Å². The first-order chi connectivity index (χ1) is 8.58. The molecule has 0 aromatic heterocycles. The topological polar surface area (TPSA) is 46.5 Å². The van der Waals surface area contributed by atoms with Gasteiger partial charge in [-0.2, -0.15) is 0 Å². The Hall–Kier alpha value is -1.22. The largest absolute Gasteiger partial charge is 0.497 e. The van der Waals surface area contributed by atoms with Gasteiger partial charge in [-0.15, -0.1) is 0 Å². The molecule has 1 N–H and O–H groups in total. The fraction of sp³-hybridized carbons (Fsp3) is 0.500. The molecular weight excluding hydrogens is 252 g/mol. The number of carboxylic acids is 1. The molecule has 0 heterocycles. The van der Waals surface area contributed by atoms with Crippen LogP contribution in [0.5, 0.6) is 5.75 Å². The molecule has 0 radical (unpaired) electrons. The van der Waals surface area contributed by atoms with Crippen molar-refractivity contribution in [3.8, 4) is 5.75 Å². The average molecular weight is 269 g/mol. The standard InChI is InChI=1S/C14H17ClO3/c1-18-12-8-10(7-11(15)9-12)14(13(16)17)5-3-2-4-6-14/h7-9H,2-6H2,1H3,(H,16,17). The van der Waals surface area contributed by atoms with Crippen LogP contribution in [-0.2, 0) is 10.2 Å². The van der Waals surface area contributed by atoms with Crippen molar-refractivity contribution in [3.63, 3.8) is 0 Å². The summed E-state index contributed by atoms with van der Waals surface area (Å²) in [5.41, 5.74) is -0.0322. The number of ether oxygens (including phenoxy) is 1.